The highest BCUT2D eigenvalue weighted by atomic mass is 19.1. The maximum atomic E-state index is 14.2. The first-order chi connectivity index (χ1) is 12.2. The zero-order valence-electron chi connectivity index (χ0n) is 14.8. The summed E-state index contributed by atoms with van der Waals surface area (Å²) in [4.78, 5) is 26.8. The fraction of sp³-hybridized carbons (Fsp3) is 0.588. The molecule has 0 aliphatic carbocycles. The summed E-state index contributed by atoms with van der Waals surface area (Å²) < 4.78 is 19.4. The molecule has 8 nitrogen and oxygen atoms in total. The van der Waals surface area contributed by atoms with E-state index in [1.807, 2.05) is 4.90 Å². The molecule has 0 saturated carbocycles. The molecule has 0 aromatic heterocycles. The number of ether oxygens (including phenoxy) is 1. The minimum absolute atomic E-state index is 0.0698. The van der Waals surface area contributed by atoms with Gasteiger partial charge in [-0.25, -0.2) is 4.39 Å². The van der Waals surface area contributed by atoms with E-state index in [0.29, 0.717) is 43.1 Å². The number of carbonyl (C=O) groups excluding carboxylic acids is 1. The summed E-state index contributed by atoms with van der Waals surface area (Å²) in [6.07, 6.45) is -1.62. The van der Waals surface area contributed by atoms with Gasteiger partial charge in [-0.1, -0.05) is 0 Å². The van der Waals surface area contributed by atoms with Crippen LogP contribution in [0.1, 0.15) is 29.8 Å². The van der Waals surface area contributed by atoms with Crippen LogP contribution in [-0.4, -0.2) is 65.5 Å². The number of halogens is 1. The highest BCUT2D eigenvalue weighted by Gasteiger charge is 2.36. The molecule has 1 fully saturated rings. The molecule has 0 radical (unpaired) electrons. The van der Waals surface area contributed by atoms with Crippen molar-refractivity contribution in [3.8, 4) is 0 Å². The number of nitro benzene ring substituents is 1. The Morgan fingerprint density at radius 3 is 2.62 bits per heavy atom. The van der Waals surface area contributed by atoms with Crippen LogP contribution in [0, 0.1) is 10.1 Å². The summed E-state index contributed by atoms with van der Waals surface area (Å²) in [5, 5.41) is 21.3. The molecule has 1 aromatic rings. The number of amides is 1. The van der Waals surface area contributed by atoms with Gasteiger partial charge in [0, 0.05) is 31.3 Å². The fourth-order valence-corrected chi connectivity index (χ4v) is 3.17. The first-order valence-corrected chi connectivity index (χ1v) is 8.48. The largest absolute Gasteiger partial charge is 0.387 e. The standard InChI is InChI=1S/C17H22FN3O5/c1-17(2,23)15(18)10-20-9-11-7-14(21(24)25)13(8-12(11)16(20)22)19-3-5-26-6-4-19/h7-8,15,23H,3-6,9-10H2,1-2H3. The van der Waals surface area contributed by atoms with E-state index in [0.717, 1.165) is 0 Å². The Balaban J connectivity index is 1.91. The smallest absolute Gasteiger partial charge is 0.292 e. The predicted octanol–water partition coefficient (Wildman–Crippen LogP) is 1.50. The molecule has 1 saturated heterocycles. The van der Waals surface area contributed by atoms with Gasteiger partial charge < -0.3 is 19.6 Å². The van der Waals surface area contributed by atoms with Crippen LogP contribution in [0.2, 0.25) is 0 Å². The molecule has 1 amide bonds. The maximum Gasteiger partial charge on any atom is 0.292 e. The number of nitro groups is 1. The number of carbonyl (C=O) groups is 1. The van der Waals surface area contributed by atoms with Crippen molar-refractivity contribution in [3.63, 3.8) is 0 Å². The number of nitrogens with zero attached hydrogens (tertiary/aromatic N) is 3. The van der Waals surface area contributed by atoms with Gasteiger partial charge in [0.15, 0.2) is 0 Å². The van der Waals surface area contributed by atoms with E-state index in [1.165, 1.54) is 30.9 Å². The second-order valence-corrected chi connectivity index (χ2v) is 7.16. The van der Waals surface area contributed by atoms with Crippen molar-refractivity contribution in [2.24, 2.45) is 0 Å². The monoisotopic (exact) mass is 367 g/mol. The van der Waals surface area contributed by atoms with E-state index in [-0.39, 0.29) is 24.7 Å². The van der Waals surface area contributed by atoms with Gasteiger partial charge in [-0.3, -0.25) is 14.9 Å². The highest BCUT2D eigenvalue weighted by Crippen LogP contribution is 2.36. The molecule has 26 heavy (non-hydrogen) atoms. The molecule has 3 rings (SSSR count). The van der Waals surface area contributed by atoms with E-state index < -0.39 is 16.7 Å². The normalized spacial score (nSPS) is 18.8. The second kappa shape index (κ2) is 6.81. The number of benzene rings is 1. The Morgan fingerprint density at radius 2 is 2.04 bits per heavy atom. The van der Waals surface area contributed by atoms with Crippen molar-refractivity contribution in [2.75, 3.05) is 37.7 Å². The number of hydrogen-bond acceptors (Lipinski definition) is 6. The molecule has 1 N–H and O–H groups in total. The summed E-state index contributed by atoms with van der Waals surface area (Å²) >= 11 is 0. The van der Waals surface area contributed by atoms with Crippen LogP contribution >= 0.6 is 0 Å². The third-order valence-electron chi connectivity index (χ3n) is 4.77. The Morgan fingerprint density at radius 1 is 1.38 bits per heavy atom. The van der Waals surface area contributed by atoms with Crippen LogP contribution in [0.25, 0.3) is 0 Å². The number of rotatable bonds is 5. The Hall–Kier alpha value is -2.26. The molecule has 9 heteroatoms. The van der Waals surface area contributed by atoms with E-state index in [9.17, 15) is 24.4 Å². The third-order valence-corrected chi connectivity index (χ3v) is 4.77. The van der Waals surface area contributed by atoms with Gasteiger partial charge in [0.25, 0.3) is 11.6 Å². The van der Waals surface area contributed by atoms with Crippen molar-refractivity contribution in [3.05, 3.63) is 33.4 Å². The number of anilines is 1. The lowest BCUT2D eigenvalue weighted by Gasteiger charge is -2.28. The number of morpholine rings is 1. The van der Waals surface area contributed by atoms with Gasteiger partial charge in [0.05, 0.1) is 30.3 Å². The van der Waals surface area contributed by atoms with Crippen LogP contribution in [0.3, 0.4) is 0 Å². The average molecular weight is 367 g/mol. The maximum absolute atomic E-state index is 14.2. The van der Waals surface area contributed by atoms with Crippen molar-refractivity contribution in [1.29, 1.82) is 0 Å². The van der Waals surface area contributed by atoms with Crippen LogP contribution in [0.4, 0.5) is 15.8 Å². The van der Waals surface area contributed by atoms with E-state index in [1.54, 1.807) is 0 Å². The van der Waals surface area contributed by atoms with Crippen molar-refractivity contribution < 1.29 is 24.0 Å². The summed E-state index contributed by atoms with van der Waals surface area (Å²) in [6.45, 7) is 4.44. The molecule has 0 spiro atoms. The molecule has 0 bridgehead atoms. The van der Waals surface area contributed by atoms with Crippen LogP contribution in [-0.2, 0) is 11.3 Å². The lowest BCUT2D eigenvalue weighted by molar-refractivity contribution is -0.384. The Kier molecular flexibility index (Phi) is 4.85. The van der Waals surface area contributed by atoms with Gasteiger partial charge >= 0.3 is 0 Å². The van der Waals surface area contributed by atoms with Gasteiger partial charge in [0.2, 0.25) is 0 Å². The molecule has 2 aliphatic heterocycles. The second-order valence-electron chi connectivity index (χ2n) is 7.16. The van der Waals surface area contributed by atoms with E-state index in [2.05, 4.69) is 0 Å². The summed E-state index contributed by atoms with van der Waals surface area (Å²) in [5.74, 6) is -0.378. The topological polar surface area (TPSA) is 96.2 Å². The molecule has 1 atom stereocenters. The molecule has 2 aliphatic rings. The Bertz CT molecular complexity index is 728. The van der Waals surface area contributed by atoms with Crippen molar-refractivity contribution in [1.82, 2.24) is 4.90 Å². The molecule has 1 unspecified atom stereocenters. The zero-order chi connectivity index (χ0) is 19.1. The summed E-state index contributed by atoms with van der Waals surface area (Å²) in [7, 11) is 0. The molecule has 2 heterocycles. The average Bonchev–Trinajstić information content (AvgIpc) is 2.89. The zero-order valence-corrected chi connectivity index (χ0v) is 14.8. The fourth-order valence-electron chi connectivity index (χ4n) is 3.17. The summed E-state index contributed by atoms with van der Waals surface area (Å²) in [6, 6.07) is 2.92. The van der Waals surface area contributed by atoms with Crippen LogP contribution < -0.4 is 4.90 Å². The molecular weight excluding hydrogens is 345 g/mol. The first-order valence-electron chi connectivity index (χ1n) is 8.48. The number of aliphatic hydroxyl groups is 1. The van der Waals surface area contributed by atoms with Gasteiger partial charge in [-0.05, 0) is 25.5 Å². The lowest BCUT2D eigenvalue weighted by Crippen LogP contribution is -2.42. The Labute approximate surface area is 150 Å². The number of hydrogen-bond donors (Lipinski definition) is 1. The van der Waals surface area contributed by atoms with Gasteiger partial charge in [0.1, 0.15) is 11.9 Å². The van der Waals surface area contributed by atoms with Gasteiger partial charge in [-0.2, -0.15) is 0 Å². The highest BCUT2D eigenvalue weighted by molar-refractivity contribution is 6.00. The molecule has 1 aromatic carbocycles. The quantitative estimate of drug-likeness (QED) is 0.626. The SMILES string of the molecule is CC(C)(O)C(F)CN1Cc2cc([N+](=O)[O-])c(N3CCOCC3)cc2C1=O. The summed E-state index contributed by atoms with van der Waals surface area (Å²) in [5.41, 5.74) is -0.409. The van der Waals surface area contributed by atoms with E-state index in [4.69, 9.17) is 4.74 Å². The van der Waals surface area contributed by atoms with Gasteiger partial charge in [-0.15, -0.1) is 0 Å². The molecular formula is C17H22FN3O5. The number of alkyl halides is 1. The van der Waals surface area contributed by atoms with Crippen LogP contribution in [0.5, 0.6) is 0 Å². The molecule has 142 valence electrons. The third kappa shape index (κ3) is 3.49. The number of fused-ring (bicyclic) bond motifs is 1. The van der Waals surface area contributed by atoms with Crippen molar-refractivity contribution in [2.45, 2.75) is 32.2 Å². The lowest BCUT2D eigenvalue weighted by atomic mass is 10.0. The minimum atomic E-state index is -1.62. The van der Waals surface area contributed by atoms with E-state index >= 15 is 0 Å². The van der Waals surface area contributed by atoms with Crippen LogP contribution in [0.15, 0.2) is 12.1 Å². The predicted molar refractivity (Wildman–Crippen MR) is 92.1 cm³/mol. The minimum Gasteiger partial charge on any atom is -0.387 e. The first kappa shape index (κ1) is 18.5. The van der Waals surface area contributed by atoms with Crippen molar-refractivity contribution >= 4 is 17.3 Å².